The predicted octanol–water partition coefficient (Wildman–Crippen LogP) is 4.28. The van der Waals surface area contributed by atoms with Crippen LogP contribution in [0.15, 0.2) is 30.5 Å². The molecule has 0 spiro atoms. The zero-order chi connectivity index (χ0) is 18.5. The van der Waals surface area contributed by atoms with Crippen molar-refractivity contribution in [2.45, 2.75) is 32.7 Å². The summed E-state index contributed by atoms with van der Waals surface area (Å²) in [5, 5.41) is 3.43. The average Bonchev–Trinajstić information content (AvgIpc) is 3.01. The number of hydrogen-bond acceptors (Lipinski definition) is 5. The first kappa shape index (κ1) is 18.8. The van der Waals surface area contributed by atoms with E-state index in [2.05, 4.69) is 55.4 Å². The summed E-state index contributed by atoms with van der Waals surface area (Å²) in [5.41, 5.74) is 8.82. The summed E-state index contributed by atoms with van der Waals surface area (Å²) in [6.07, 6.45) is 5.51. The van der Waals surface area contributed by atoms with Gasteiger partial charge in [0, 0.05) is 21.9 Å². The molecule has 7 heteroatoms. The van der Waals surface area contributed by atoms with Gasteiger partial charge in [0.15, 0.2) is 5.82 Å². The van der Waals surface area contributed by atoms with Gasteiger partial charge in [-0.2, -0.15) is 4.98 Å². The lowest BCUT2D eigenvalue weighted by atomic mass is 10.2. The first-order valence-corrected chi connectivity index (χ1v) is 9.89. The van der Waals surface area contributed by atoms with Crippen LogP contribution in [-0.2, 0) is 6.54 Å². The monoisotopic (exact) mass is 465 g/mol. The van der Waals surface area contributed by atoms with Crippen molar-refractivity contribution >= 4 is 45.4 Å². The minimum Gasteiger partial charge on any atom is -0.496 e. The first-order chi connectivity index (χ1) is 12.6. The summed E-state index contributed by atoms with van der Waals surface area (Å²) in [6.45, 7) is 3.75. The molecule has 0 saturated heterocycles. The van der Waals surface area contributed by atoms with Gasteiger partial charge >= 0.3 is 0 Å². The van der Waals surface area contributed by atoms with E-state index in [1.807, 2.05) is 24.4 Å². The number of nitrogens with zero attached hydrogens (tertiary/aromatic N) is 3. The van der Waals surface area contributed by atoms with E-state index in [1.54, 1.807) is 7.11 Å². The molecule has 3 aromatic rings. The molecular formula is C19H24IN5O. The summed E-state index contributed by atoms with van der Waals surface area (Å²) in [7, 11) is 1.70. The number of nitrogens with two attached hydrogens (primary N) is 1. The molecule has 0 atom stereocenters. The summed E-state index contributed by atoms with van der Waals surface area (Å²) >= 11 is 2.32. The first-order valence-electron chi connectivity index (χ1n) is 8.81. The van der Waals surface area contributed by atoms with Gasteiger partial charge in [-0.1, -0.05) is 19.8 Å². The Morgan fingerprint density at radius 3 is 2.85 bits per heavy atom. The fourth-order valence-electron chi connectivity index (χ4n) is 3.02. The minimum absolute atomic E-state index is 0.292. The Kier molecular flexibility index (Phi) is 6.18. The molecule has 1 aromatic carbocycles. The van der Waals surface area contributed by atoms with Crippen molar-refractivity contribution in [3.63, 3.8) is 0 Å². The molecule has 0 radical (unpaired) electrons. The largest absolute Gasteiger partial charge is 0.496 e. The number of nitrogen functional groups attached to an aromatic ring is 1. The summed E-state index contributed by atoms with van der Waals surface area (Å²) in [6, 6.07) is 8.16. The van der Waals surface area contributed by atoms with Gasteiger partial charge in [-0.05, 0) is 53.3 Å². The molecule has 0 amide bonds. The third kappa shape index (κ3) is 4.20. The highest BCUT2D eigenvalue weighted by Crippen LogP contribution is 2.27. The maximum Gasteiger partial charge on any atom is 0.222 e. The van der Waals surface area contributed by atoms with Gasteiger partial charge < -0.3 is 20.4 Å². The highest BCUT2D eigenvalue weighted by Gasteiger charge is 2.13. The van der Waals surface area contributed by atoms with Crippen molar-refractivity contribution in [1.82, 2.24) is 14.5 Å². The average molecular weight is 465 g/mol. The quantitative estimate of drug-likeness (QED) is 0.384. The third-order valence-corrected chi connectivity index (χ3v) is 4.95. The molecule has 0 fully saturated rings. The Labute approximate surface area is 167 Å². The zero-order valence-electron chi connectivity index (χ0n) is 15.1. The molecule has 3 rings (SSSR count). The van der Waals surface area contributed by atoms with Gasteiger partial charge in [0.2, 0.25) is 5.95 Å². The number of ether oxygens (including phenoxy) is 1. The molecule has 3 N–H and O–H groups in total. The number of benzene rings is 1. The molecule has 0 aliphatic rings. The van der Waals surface area contributed by atoms with E-state index in [-0.39, 0.29) is 0 Å². The van der Waals surface area contributed by atoms with Crippen molar-refractivity contribution < 1.29 is 4.74 Å². The van der Waals surface area contributed by atoms with Crippen molar-refractivity contribution in [3.8, 4) is 5.75 Å². The van der Waals surface area contributed by atoms with Crippen LogP contribution in [0.4, 0.5) is 11.8 Å². The number of nitrogens with one attached hydrogen (secondary N) is 1. The van der Waals surface area contributed by atoms with E-state index < -0.39 is 0 Å². The Balaban J connectivity index is 1.95. The van der Waals surface area contributed by atoms with Gasteiger partial charge in [-0.3, -0.25) is 0 Å². The molecule has 6 nitrogen and oxygen atoms in total. The van der Waals surface area contributed by atoms with Crippen molar-refractivity contribution in [2.75, 3.05) is 24.7 Å². The molecular weight excluding hydrogens is 441 g/mol. The Morgan fingerprint density at radius 2 is 2.08 bits per heavy atom. The lowest BCUT2D eigenvalue weighted by Gasteiger charge is -2.13. The van der Waals surface area contributed by atoms with Crippen LogP contribution in [0.25, 0.3) is 11.0 Å². The van der Waals surface area contributed by atoms with Gasteiger partial charge in [0.1, 0.15) is 11.3 Å². The Hall–Kier alpha value is -2.03. The topological polar surface area (TPSA) is 78.0 Å². The molecule has 2 heterocycles. The molecule has 138 valence electrons. The van der Waals surface area contributed by atoms with Crippen molar-refractivity contribution in [1.29, 1.82) is 0 Å². The van der Waals surface area contributed by atoms with Crippen LogP contribution in [0, 0.1) is 3.57 Å². The fraction of sp³-hybridized carbons (Fsp3) is 0.368. The van der Waals surface area contributed by atoms with Gasteiger partial charge in [0.05, 0.1) is 19.2 Å². The highest BCUT2D eigenvalue weighted by atomic mass is 127. The van der Waals surface area contributed by atoms with Crippen LogP contribution in [0.1, 0.15) is 31.7 Å². The van der Waals surface area contributed by atoms with E-state index in [9.17, 15) is 0 Å². The Bertz CT molecular complexity index is 893. The SMILES string of the molecule is CCCCCNc1nc(N)nc2ccn(Cc3cc(I)ccc3OC)c12. The molecule has 0 bridgehead atoms. The van der Waals surface area contributed by atoms with Crippen LogP contribution in [0.5, 0.6) is 5.75 Å². The van der Waals surface area contributed by atoms with Crippen LogP contribution in [0.3, 0.4) is 0 Å². The van der Waals surface area contributed by atoms with Crippen LogP contribution in [0.2, 0.25) is 0 Å². The van der Waals surface area contributed by atoms with Gasteiger partial charge in [-0.15, -0.1) is 0 Å². The van der Waals surface area contributed by atoms with E-state index in [0.717, 1.165) is 41.1 Å². The van der Waals surface area contributed by atoms with Crippen LogP contribution >= 0.6 is 22.6 Å². The lowest BCUT2D eigenvalue weighted by Crippen LogP contribution is -2.09. The normalized spacial score (nSPS) is 11.0. The zero-order valence-corrected chi connectivity index (χ0v) is 17.3. The van der Waals surface area contributed by atoms with Gasteiger partial charge in [-0.25, -0.2) is 4.98 Å². The molecule has 26 heavy (non-hydrogen) atoms. The maximum absolute atomic E-state index is 5.89. The third-order valence-electron chi connectivity index (χ3n) is 4.28. The number of fused-ring (bicyclic) bond motifs is 1. The number of anilines is 2. The second kappa shape index (κ2) is 8.57. The van der Waals surface area contributed by atoms with E-state index >= 15 is 0 Å². The predicted molar refractivity (Wildman–Crippen MR) is 115 cm³/mol. The molecule has 0 aliphatic carbocycles. The highest BCUT2D eigenvalue weighted by molar-refractivity contribution is 14.1. The molecule has 0 saturated carbocycles. The standard InChI is InChI=1S/C19H24IN5O/c1-3-4-5-9-22-18-17-15(23-19(21)24-18)8-10-25(17)12-13-11-14(20)6-7-16(13)26-2/h6-8,10-11H,3-5,9,12H2,1-2H3,(H3,21,22,23,24). The summed E-state index contributed by atoms with van der Waals surface area (Å²) < 4.78 is 8.84. The van der Waals surface area contributed by atoms with Gasteiger partial charge in [0.25, 0.3) is 0 Å². The smallest absolute Gasteiger partial charge is 0.222 e. The lowest BCUT2D eigenvalue weighted by molar-refractivity contribution is 0.408. The number of hydrogen-bond donors (Lipinski definition) is 2. The van der Waals surface area contributed by atoms with Crippen LogP contribution in [-0.4, -0.2) is 28.2 Å². The van der Waals surface area contributed by atoms with E-state index in [1.165, 1.54) is 16.4 Å². The molecule has 0 aliphatic heterocycles. The summed E-state index contributed by atoms with van der Waals surface area (Å²) in [5.74, 6) is 1.96. The van der Waals surface area contributed by atoms with Crippen molar-refractivity contribution in [2.24, 2.45) is 0 Å². The summed E-state index contributed by atoms with van der Waals surface area (Å²) in [4.78, 5) is 8.81. The number of rotatable bonds is 8. The maximum atomic E-state index is 5.89. The van der Waals surface area contributed by atoms with E-state index in [4.69, 9.17) is 10.5 Å². The van der Waals surface area contributed by atoms with E-state index in [0.29, 0.717) is 12.5 Å². The molecule has 0 unspecified atom stereocenters. The number of halogens is 1. The fourth-order valence-corrected chi connectivity index (χ4v) is 3.57. The van der Waals surface area contributed by atoms with Crippen LogP contribution < -0.4 is 15.8 Å². The van der Waals surface area contributed by atoms with Crippen molar-refractivity contribution in [3.05, 3.63) is 39.6 Å². The minimum atomic E-state index is 0.292. The number of unbranched alkanes of at least 4 members (excludes halogenated alkanes) is 2. The number of methoxy groups -OCH3 is 1. The second-order valence-electron chi connectivity index (χ2n) is 6.20. The Morgan fingerprint density at radius 1 is 1.23 bits per heavy atom. The molecule has 2 aromatic heterocycles. The number of aromatic nitrogens is 3. The second-order valence-corrected chi connectivity index (χ2v) is 7.44.